The van der Waals surface area contributed by atoms with Gasteiger partial charge in [0.25, 0.3) is 0 Å². The van der Waals surface area contributed by atoms with Crippen molar-refractivity contribution < 1.29 is 9.13 Å². The van der Waals surface area contributed by atoms with Gasteiger partial charge in [-0.1, -0.05) is 6.07 Å². The van der Waals surface area contributed by atoms with Gasteiger partial charge in [-0.2, -0.15) is 0 Å². The Labute approximate surface area is 153 Å². The van der Waals surface area contributed by atoms with E-state index in [1.165, 1.54) is 12.1 Å². The van der Waals surface area contributed by atoms with E-state index in [0.717, 1.165) is 27.1 Å². The minimum Gasteiger partial charge on any atom is -0.488 e. The van der Waals surface area contributed by atoms with Crippen LogP contribution in [0, 0.1) is 12.7 Å². The molecule has 5 nitrogen and oxygen atoms in total. The van der Waals surface area contributed by atoms with E-state index in [0.29, 0.717) is 18.2 Å². The van der Waals surface area contributed by atoms with Gasteiger partial charge in [-0.15, -0.1) is 11.3 Å². The Bertz CT molecular complexity index is 1050. The Morgan fingerprint density at radius 3 is 2.92 bits per heavy atom. The van der Waals surface area contributed by atoms with E-state index in [-0.39, 0.29) is 5.82 Å². The third-order valence-corrected chi connectivity index (χ3v) is 4.56. The molecular formula is C19H15FN4OS. The summed E-state index contributed by atoms with van der Waals surface area (Å²) in [7, 11) is 0. The lowest BCUT2D eigenvalue weighted by Crippen LogP contribution is -1.99. The highest BCUT2D eigenvalue weighted by molar-refractivity contribution is 7.09. The maximum atomic E-state index is 13.3. The van der Waals surface area contributed by atoms with Crippen LogP contribution < -0.4 is 10.1 Å². The van der Waals surface area contributed by atoms with Crippen molar-refractivity contribution in [3.8, 4) is 5.75 Å². The Balaban J connectivity index is 1.60. The molecule has 0 aliphatic rings. The Hall–Kier alpha value is -3.06. The molecule has 2 aromatic heterocycles. The van der Waals surface area contributed by atoms with Crippen LogP contribution in [0.4, 0.5) is 16.0 Å². The molecule has 0 aliphatic heterocycles. The second-order valence-corrected chi connectivity index (χ2v) is 6.73. The zero-order chi connectivity index (χ0) is 17.9. The van der Waals surface area contributed by atoms with Gasteiger partial charge in [0.2, 0.25) is 5.95 Å². The molecule has 0 aliphatic carbocycles. The first kappa shape index (κ1) is 16.4. The summed E-state index contributed by atoms with van der Waals surface area (Å²) in [6, 6.07) is 10.1. The summed E-state index contributed by atoms with van der Waals surface area (Å²) in [4.78, 5) is 13.9. The number of hydrogen-bond donors (Lipinski definition) is 1. The maximum Gasteiger partial charge on any atom is 0.227 e. The second kappa shape index (κ2) is 7.05. The summed E-state index contributed by atoms with van der Waals surface area (Å²) in [5, 5.41) is 3.93. The van der Waals surface area contributed by atoms with Gasteiger partial charge in [0.05, 0.1) is 15.9 Å². The van der Waals surface area contributed by atoms with Gasteiger partial charge >= 0.3 is 0 Å². The molecule has 0 saturated carbocycles. The number of anilines is 2. The largest absolute Gasteiger partial charge is 0.488 e. The molecule has 0 amide bonds. The van der Waals surface area contributed by atoms with Crippen molar-refractivity contribution in [3.63, 3.8) is 0 Å². The molecule has 26 heavy (non-hydrogen) atoms. The van der Waals surface area contributed by atoms with Crippen LogP contribution in [0.3, 0.4) is 0 Å². The molecule has 1 N–H and O–H groups in total. The van der Waals surface area contributed by atoms with Crippen LogP contribution in [-0.4, -0.2) is 15.0 Å². The van der Waals surface area contributed by atoms with Crippen LogP contribution in [-0.2, 0) is 6.61 Å². The number of aromatic nitrogens is 3. The van der Waals surface area contributed by atoms with Crippen molar-refractivity contribution in [2.24, 2.45) is 0 Å². The van der Waals surface area contributed by atoms with E-state index in [4.69, 9.17) is 4.74 Å². The van der Waals surface area contributed by atoms with Gasteiger partial charge in [0, 0.05) is 29.5 Å². The number of thiazole rings is 1. The highest BCUT2D eigenvalue weighted by Gasteiger charge is 2.07. The van der Waals surface area contributed by atoms with Crippen LogP contribution in [0.5, 0.6) is 5.75 Å². The number of hydrogen-bond acceptors (Lipinski definition) is 6. The normalized spacial score (nSPS) is 10.8. The summed E-state index contributed by atoms with van der Waals surface area (Å²) in [5.41, 5.74) is 4.14. The maximum absolute atomic E-state index is 13.3. The van der Waals surface area contributed by atoms with Crippen LogP contribution in [0.2, 0.25) is 0 Å². The van der Waals surface area contributed by atoms with Crippen LogP contribution in [0.25, 0.3) is 10.9 Å². The number of nitrogens with one attached hydrogen (secondary N) is 1. The first-order chi connectivity index (χ1) is 12.7. The highest BCUT2D eigenvalue weighted by Crippen LogP contribution is 2.26. The molecule has 0 fully saturated rings. The minimum atomic E-state index is -0.315. The van der Waals surface area contributed by atoms with Crippen molar-refractivity contribution in [1.82, 2.24) is 15.0 Å². The van der Waals surface area contributed by atoms with Gasteiger partial charge in [-0.05, 0) is 36.8 Å². The minimum absolute atomic E-state index is 0.315. The topological polar surface area (TPSA) is 59.9 Å². The number of halogens is 1. The summed E-state index contributed by atoms with van der Waals surface area (Å²) in [5.74, 6) is 0.854. The lowest BCUT2D eigenvalue weighted by atomic mass is 10.1. The van der Waals surface area contributed by atoms with Gasteiger partial charge < -0.3 is 10.1 Å². The summed E-state index contributed by atoms with van der Waals surface area (Å²) in [6.45, 7) is 2.46. The van der Waals surface area contributed by atoms with E-state index >= 15 is 0 Å². The first-order valence-corrected chi connectivity index (χ1v) is 8.85. The fourth-order valence-corrected chi connectivity index (χ4v) is 3.05. The van der Waals surface area contributed by atoms with Gasteiger partial charge in [0.15, 0.2) is 0 Å². The van der Waals surface area contributed by atoms with Gasteiger partial charge in [-0.3, -0.25) is 4.98 Å². The van der Waals surface area contributed by atoms with Crippen molar-refractivity contribution in [2.45, 2.75) is 13.5 Å². The summed E-state index contributed by atoms with van der Waals surface area (Å²) >= 11 is 1.55. The number of rotatable bonds is 5. The first-order valence-electron chi connectivity index (χ1n) is 7.97. The lowest BCUT2D eigenvalue weighted by Gasteiger charge is -2.10. The predicted molar refractivity (Wildman–Crippen MR) is 100 cm³/mol. The molecule has 4 aromatic rings. The average Bonchev–Trinajstić information content (AvgIpc) is 3.14. The lowest BCUT2D eigenvalue weighted by molar-refractivity contribution is 0.308. The highest BCUT2D eigenvalue weighted by atomic mass is 32.1. The molecule has 0 atom stereocenters. The Morgan fingerprint density at radius 1 is 1.19 bits per heavy atom. The zero-order valence-corrected chi connectivity index (χ0v) is 14.8. The quantitative estimate of drug-likeness (QED) is 0.547. The van der Waals surface area contributed by atoms with E-state index in [9.17, 15) is 4.39 Å². The van der Waals surface area contributed by atoms with E-state index in [1.807, 2.05) is 19.1 Å². The zero-order valence-electron chi connectivity index (χ0n) is 13.9. The second-order valence-electron chi connectivity index (χ2n) is 5.76. The molecule has 2 aromatic carbocycles. The molecule has 0 unspecified atom stereocenters. The van der Waals surface area contributed by atoms with E-state index < -0.39 is 0 Å². The fourth-order valence-electron chi connectivity index (χ4n) is 2.55. The van der Waals surface area contributed by atoms with E-state index in [1.54, 1.807) is 41.4 Å². The molecular weight excluding hydrogens is 351 g/mol. The fraction of sp³-hybridized carbons (Fsp3) is 0.105. The average molecular weight is 366 g/mol. The molecule has 2 heterocycles. The van der Waals surface area contributed by atoms with Gasteiger partial charge in [-0.25, -0.2) is 14.4 Å². The van der Waals surface area contributed by atoms with Crippen molar-refractivity contribution >= 4 is 33.9 Å². The van der Waals surface area contributed by atoms with Crippen molar-refractivity contribution in [2.75, 3.05) is 5.32 Å². The van der Waals surface area contributed by atoms with E-state index in [2.05, 4.69) is 20.3 Å². The molecule has 130 valence electrons. The Morgan fingerprint density at radius 2 is 2.12 bits per heavy atom. The SMILES string of the molecule is Cc1cc2cnc(Nc3cccc(F)c3)nc2cc1OCc1cncs1. The summed E-state index contributed by atoms with van der Waals surface area (Å²) in [6.07, 6.45) is 3.54. The molecule has 7 heteroatoms. The number of benzene rings is 2. The smallest absolute Gasteiger partial charge is 0.227 e. The monoisotopic (exact) mass is 366 g/mol. The molecule has 4 rings (SSSR count). The molecule has 0 spiro atoms. The van der Waals surface area contributed by atoms with Gasteiger partial charge in [0.1, 0.15) is 18.2 Å². The third kappa shape index (κ3) is 3.62. The molecule has 0 radical (unpaired) electrons. The van der Waals surface area contributed by atoms with Crippen LogP contribution in [0.15, 0.2) is 54.3 Å². The number of nitrogens with zero attached hydrogens (tertiary/aromatic N) is 3. The van der Waals surface area contributed by atoms with Crippen LogP contribution in [0.1, 0.15) is 10.4 Å². The Kier molecular flexibility index (Phi) is 4.45. The summed E-state index contributed by atoms with van der Waals surface area (Å²) < 4.78 is 19.2. The third-order valence-electron chi connectivity index (χ3n) is 3.81. The number of fused-ring (bicyclic) bond motifs is 1. The molecule has 0 bridgehead atoms. The molecule has 0 saturated heterocycles. The predicted octanol–water partition coefficient (Wildman–Crippen LogP) is 4.86. The number of ether oxygens (including phenoxy) is 1. The number of aryl methyl sites for hydroxylation is 1. The van der Waals surface area contributed by atoms with Crippen molar-refractivity contribution in [1.29, 1.82) is 0 Å². The van der Waals surface area contributed by atoms with Crippen molar-refractivity contribution in [3.05, 3.63) is 70.6 Å². The van der Waals surface area contributed by atoms with Crippen LogP contribution >= 0.6 is 11.3 Å². The standard InChI is InChI=1S/C19H15FN4OS/c1-12-5-13-8-22-19(23-15-4-2-3-14(20)6-15)24-17(13)7-18(12)25-10-16-9-21-11-26-16/h2-9,11H,10H2,1H3,(H,22,23,24).